The summed E-state index contributed by atoms with van der Waals surface area (Å²) in [5.74, 6) is 0. The third-order valence-corrected chi connectivity index (χ3v) is 0. The molecule has 7 heavy (non-hydrogen) atoms. The number of hydrogen-bond donors (Lipinski definition) is 0. The summed E-state index contributed by atoms with van der Waals surface area (Å²) in [6.45, 7) is 0. The molecule has 0 aromatic heterocycles. The maximum absolute atomic E-state index is 4.98. The van der Waals surface area contributed by atoms with E-state index >= 15 is 0 Å². The van der Waals surface area contributed by atoms with Gasteiger partial charge in [-0.2, -0.15) is 0 Å². The van der Waals surface area contributed by atoms with Gasteiger partial charge in [0.2, 0.25) is 0 Å². The molecule has 0 atom stereocenters. The van der Waals surface area contributed by atoms with Crippen molar-refractivity contribution in [2.45, 2.75) is 0 Å². The van der Waals surface area contributed by atoms with E-state index in [1.807, 2.05) is 0 Å². The second kappa shape index (κ2) is 15.7. The zero-order valence-corrected chi connectivity index (χ0v) is 7.32. The first-order chi connectivity index (χ1) is 1.73. The van der Waals surface area contributed by atoms with E-state index in [1.54, 1.807) is 0 Å². The number of hydrogen-bond acceptors (Lipinski definition) is 0. The monoisotopic (exact) mass is 257 g/mol. The van der Waals surface area contributed by atoms with Crippen LogP contribution in [0.4, 0.5) is 0 Å². The van der Waals surface area contributed by atoms with Gasteiger partial charge in [-0.15, -0.1) is 0 Å². The van der Waals surface area contributed by atoms with Gasteiger partial charge in [0, 0.05) is 0 Å². The molecule has 7 heteroatoms. The standard InChI is InChI=1S/3ClH.Mo.3H2O/h3*1H;;3*1H2/q;;;+3;;;/p-3. The summed E-state index contributed by atoms with van der Waals surface area (Å²) in [4.78, 5) is 0. The van der Waals surface area contributed by atoms with Crippen LogP contribution >= 0.6 is 28.3 Å². The van der Waals surface area contributed by atoms with Crippen LogP contribution in [0.5, 0.6) is 0 Å². The summed E-state index contributed by atoms with van der Waals surface area (Å²) in [5.41, 5.74) is 0. The van der Waals surface area contributed by atoms with Crippen LogP contribution < -0.4 is 0 Å². The van der Waals surface area contributed by atoms with Crippen LogP contribution in [0.2, 0.25) is 0 Å². The summed E-state index contributed by atoms with van der Waals surface area (Å²) in [6, 6.07) is 0. The Morgan fingerprint density at radius 3 is 0.714 bits per heavy atom. The zero-order chi connectivity index (χ0) is 3.58. The average molecular weight is 256 g/mol. The van der Waals surface area contributed by atoms with E-state index in [9.17, 15) is 0 Å². The Morgan fingerprint density at radius 2 is 0.714 bits per heavy atom. The van der Waals surface area contributed by atoms with Crippen molar-refractivity contribution in [2.75, 3.05) is 0 Å². The van der Waals surface area contributed by atoms with Crippen LogP contribution in [0.25, 0.3) is 0 Å². The second-order valence-electron chi connectivity index (χ2n) is 0.175. The van der Waals surface area contributed by atoms with E-state index in [1.165, 1.54) is 0 Å². The van der Waals surface area contributed by atoms with E-state index in [0.717, 1.165) is 0 Å². The fourth-order valence-electron chi connectivity index (χ4n) is 0. The van der Waals surface area contributed by atoms with Crippen LogP contribution in [-0.4, -0.2) is 16.4 Å². The van der Waals surface area contributed by atoms with Gasteiger partial charge in [0.15, 0.2) is 0 Å². The molecule has 0 aliphatic heterocycles. The first kappa shape index (κ1) is 23.7. The van der Waals surface area contributed by atoms with Gasteiger partial charge in [-0.3, -0.25) is 0 Å². The maximum atomic E-state index is 4.98. The predicted octanol–water partition coefficient (Wildman–Crippen LogP) is -0.408. The zero-order valence-electron chi connectivity index (χ0n) is 3.04. The van der Waals surface area contributed by atoms with Crippen LogP contribution in [0.3, 0.4) is 0 Å². The van der Waals surface area contributed by atoms with Gasteiger partial charge < -0.3 is 16.4 Å². The van der Waals surface area contributed by atoms with Crippen LogP contribution in [0.1, 0.15) is 0 Å². The van der Waals surface area contributed by atoms with E-state index in [4.69, 9.17) is 28.3 Å². The summed E-state index contributed by atoms with van der Waals surface area (Å²) >= 11 is -1.94. The molecular weight excluding hydrogens is 250 g/mol. The molecule has 0 heterocycles. The molecule has 0 amide bonds. The predicted molar refractivity (Wildman–Crippen MR) is 28.4 cm³/mol. The summed E-state index contributed by atoms with van der Waals surface area (Å²) in [6.07, 6.45) is 0. The molecule has 0 aliphatic carbocycles. The molecule has 6 N–H and O–H groups in total. The van der Waals surface area contributed by atoms with Gasteiger partial charge in [-0.25, -0.2) is 0 Å². The molecule has 0 aliphatic rings. The van der Waals surface area contributed by atoms with E-state index < -0.39 is 14.2 Å². The Bertz CT molecular complexity index is 14.9. The minimum atomic E-state index is -1.94. The first-order valence-electron chi connectivity index (χ1n) is 0.463. The van der Waals surface area contributed by atoms with Gasteiger partial charge in [-0.1, -0.05) is 0 Å². The van der Waals surface area contributed by atoms with Crippen molar-refractivity contribution in [3.8, 4) is 0 Å². The molecule has 0 aromatic carbocycles. The molecule has 0 saturated carbocycles. The van der Waals surface area contributed by atoms with Gasteiger partial charge >= 0.3 is 42.4 Å². The molecule has 0 radical (unpaired) electrons. The summed E-state index contributed by atoms with van der Waals surface area (Å²) in [5, 5.41) is 0. The summed E-state index contributed by atoms with van der Waals surface area (Å²) < 4.78 is 0. The molecule has 0 unspecified atom stereocenters. The average Bonchev–Trinajstić information content (AvgIpc) is 0.811. The van der Waals surface area contributed by atoms with Crippen LogP contribution in [-0.2, 0) is 14.2 Å². The van der Waals surface area contributed by atoms with Crippen molar-refractivity contribution in [1.29, 1.82) is 0 Å². The Balaban J connectivity index is -0.0000000150. The Labute approximate surface area is 58.8 Å². The summed E-state index contributed by atoms with van der Waals surface area (Å²) in [7, 11) is 14.9. The van der Waals surface area contributed by atoms with Crippen LogP contribution in [0.15, 0.2) is 0 Å². The first-order valence-corrected chi connectivity index (χ1v) is 8.22. The Hall–Kier alpha value is 1.44. The molecule has 0 spiro atoms. The number of halogens is 3. The Morgan fingerprint density at radius 1 is 0.714 bits per heavy atom. The topological polar surface area (TPSA) is 94.5 Å². The second-order valence-corrected chi connectivity index (χ2v) is 9.32. The molecule has 3 nitrogen and oxygen atoms in total. The molecular formula is H6Cl3MoO3. The van der Waals surface area contributed by atoms with Gasteiger partial charge in [0.1, 0.15) is 0 Å². The normalized spacial score (nSPS) is 5.14. The van der Waals surface area contributed by atoms with Crippen molar-refractivity contribution in [1.82, 2.24) is 0 Å². The fraction of sp³-hybridized carbons (Fsp3) is 0. The van der Waals surface area contributed by atoms with Gasteiger partial charge in [0.25, 0.3) is 0 Å². The quantitative estimate of drug-likeness (QED) is 0.527. The van der Waals surface area contributed by atoms with E-state index in [-0.39, 0.29) is 16.4 Å². The van der Waals surface area contributed by atoms with Crippen molar-refractivity contribution in [2.24, 2.45) is 0 Å². The van der Waals surface area contributed by atoms with Crippen LogP contribution in [0, 0.1) is 0 Å². The third-order valence-electron chi connectivity index (χ3n) is 0. The van der Waals surface area contributed by atoms with Gasteiger partial charge in [-0.05, 0) is 0 Å². The minimum absolute atomic E-state index is 0. The Kier molecular flexibility index (Phi) is 53.0. The fourth-order valence-corrected chi connectivity index (χ4v) is 0. The van der Waals surface area contributed by atoms with E-state index in [0.29, 0.717) is 0 Å². The number of rotatable bonds is 0. The molecule has 0 bridgehead atoms. The van der Waals surface area contributed by atoms with E-state index in [2.05, 4.69) is 0 Å². The molecule has 0 fully saturated rings. The van der Waals surface area contributed by atoms with Crippen molar-refractivity contribution in [3.63, 3.8) is 0 Å². The SMILES string of the molecule is O.O.O.[Cl][Mo]([Cl])[Cl]. The van der Waals surface area contributed by atoms with Crippen molar-refractivity contribution < 1.29 is 30.6 Å². The molecule has 0 saturated heterocycles. The van der Waals surface area contributed by atoms with Gasteiger partial charge in [0.05, 0.1) is 0 Å². The van der Waals surface area contributed by atoms with Crippen molar-refractivity contribution in [3.05, 3.63) is 0 Å². The molecule has 51 valence electrons. The molecule has 0 aromatic rings. The third kappa shape index (κ3) is 106. The van der Waals surface area contributed by atoms with Crippen molar-refractivity contribution >= 4 is 28.3 Å². The molecule has 0 rings (SSSR count).